The van der Waals surface area contributed by atoms with E-state index in [1.807, 2.05) is 0 Å². The van der Waals surface area contributed by atoms with E-state index in [0.717, 1.165) is 50.3 Å². The molecule has 0 aliphatic carbocycles. The Bertz CT molecular complexity index is 726. The molecule has 1 aromatic heterocycles. The van der Waals surface area contributed by atoms with E-state index >= 15 is 0 Å². The number of nitrogens with zero attached hydrogens (tertiary/aromatic N) is 3. The van der Waals surface area contributed by atoms with Gasteiger partial charge in [0, 0.05) is 26.2 Å². The molecule has 28 heavy (non-hydrogen) atoms. The standard InChI is InChI=1S/C18H26N4O5S/c1-12-15(17(24)26-2)16(28-20-12)19-18(25)22(10-13-6-5-9-27-13)11-14(23)21-7-3-4-8-21/h13H,3-11H2,1-2H3,(H,19,25)/t13-/m0/s1. The van der Waals surface area contributed by atoms with Gasteiger partial charge in [0.25, 0.3) is 0 Å². The smallest absolute Gasteiger partial charge is 0.342 e. The molecular weight excluding hydrogens is 384 g/mol. The van der Waals surface area contributed by atoms with Crippen molar-refractivity contribution < 1.29 is 23.9 Å². The summed E-state index contributed by atoms with van der Waals surface area (Å²) in [6.07, 6.45) is 3.70. The van der Waals surface area contributed by atoms with E-state index in [-0.39, 0.29) is 24.1 Å². The summed E-state index contributed by atoms with van der Waals surface area (Å²) in [5.74, 6) is -0.625. The molecule has 10 heteroatoms. The number of amides is 3. The van der Waals surface area contributed by atoms with Gasteiger partial charge in [0.15, 0.2) is 0 Å². The Balaban J connectivity index is 1.72. The molecule has 1 N–H and O–H groups in total. The van der Waals surface area contributed by atoms with E-state index in [1.54, 1.807) is 11.8 Å². The SMILES string of the molecule is COC(=O)c1c(C)nsc1NC(=O)N(CC(=O)N1CCCC1)C[C@@H]1CCCO1. The zero-order valence-corrected chi connectivity index (χ0v) is 17.0. The lowest BCUT2D eigenvalue weighted by Crippen LogP contribution is -2.46. The molecular formula is C18H26N4O5S. The van der Waals surface area contributed by atoms with Crippen LogP contribution in [0.2, 0.25) is 0 Å². The van der Waals surface area contributed by atoms with Gasteiger partial charge in [-0.15, -0.1) is 0 Å². The Hall–Kier alpha value is -2.20. The van der Waals surface area contributed by atoms with Crippen LogP contribution in [-0.2, 0) is 14.3 Å². The van der Waals surface area contributed by atoms with Crippen LogP contribution >= 0.6 is 11.5 Å². The first-order chi connectivity index (χ1) is 13.5. The van der Waals surface area contributed by atoms with Gasteiger partial charge in [-0.05, 0) is 44.1 Å². The molecule has 3 rings (SSSR count). The van der Waals surface area contributed by atoms with Gasteiger partial charge in [0.05, 0.1) is 18.9 Å². The van der Waals surface area contributed by atoms with Crippen molar-refractivity contribution >= 4 is 34.4 Å². The minimum Gasteiger partial charge on any atom is -0.465 e. The number of hydrogen-bond donors (Lipinski definition) is 1. The summed E-state index contributed by atoms with van der Waals surface area (Å²) in [4.78, 5) is 40.8. The first-order valence-electron chi connectivity index (χ1n) is 9.49. The van der Waals surface area contributed by atoms with E-state index in [2.05, 4.69) is 9.69 Å². The summed E-state index contributed by atoms with van der Waals surface area (Å²) in [5, 5.41) is 3.05. The lowest BCUT2D eigenvalue weighted by molar-refractivity contribution is -0.130. The zero-order valence-electron chi connectivity index (χ0n) is 16.2. The van der Waals surface area contributed by atoms with Crippen LogP contribution in [-0.4, -0.2) is 78.1 Å². The second-order valence-electron chi connectivity index (χ2n) is 7.00. The third-order valence-electron chi connectivity index (χ3n) is 4.99. The highest BCUT2D eigenvalue weighted by molar-refractivity contribution is 7.11. The van der Waals surface area contributed by atoms with Gasteiger partial charge in [0.2, 0.25) is 5.91 Å². The number of nitrogens with one attached hydrogen (secondary N) is 1. The second kappa shape index (κ2) is 9.33. The molecule has 2 aliphatic rings. The maximum absolute atomic E-state index is 12.9. The van der Waals surface area contributed by atoms with Crippen molar-refractivity contribution in [1.29, 1.82) is 0 Å². The fourth-order valence-corrected chi connectivity index (χ4v) is 4.23. The summed E-state index contributed by atoms with van der Waals surface area (Å²) in [7, 11) is 1.28. The average Bonchev–Trinajstić information content (AvgIpc) is 3.43. The second-order valence-corrected chi connectivity index (χ2v) is 7.77. The molecule has 0 spiro atoms. The number of methoxy groups -OCH3 is 1. The number of urea groups is 1. The van der Waals surface area contributed by atoms with Gasteiger partial charge >= 0.3 is 12.0 Å². The maximum atomic E-state index is 12.9. The molecule has 1 aromatic rings. The van der Waals surface area contributed by atoms with Crippen LogP contribution in [0.1, 0.15) is 41.7 Å². The molecule has 0 saturated carbocycles. The van der Waals surface area contributed by atoms with E-state index in [1.165, 1.54) is 12.0 Å². The molecule has 2 aliphatic heterocycles. The Kier molecular flexibility index (Phi) is 6.84. The third-order valence-corrected chi connectivity index (χ3v) is 5.85. The first-order valence-corrected chi connectivity index (χ1v) is 10.3. The van der Waals surface area contributed by atoms with Crippen LogP contribution in [0, 0.1) is 6.92 Å². The first kappa shape index (κ1) is 20.5. The number of hydrogen-bond acceptors (Lipinski definition) is 7. The van der Waals surface area contributed by atoms with Crippen LogP contribution in [0.3, 0.4) is 0 Å². The van der Waals surface area contributed by atoms with Crippen molar-refractivity contribution in [1.82, 2.24) is 14.2 Å². The number of likely N-dealkylation sites (tertiary alicyclic amines) is 1. The Labute approximate surface area is 168 Å². The number of carbonyl (C=O) groups is 3. The molecule has 3 amide bonds. The summed E-state index contributed by atoms with van der Waals surface area (Å²) < 4.78 is 14.6. The van der Waals surface area contributed by atoms with Crippen molar-refractivity contribution in [3.05, 3.63) is 11.3 Å². The predicted octanol–water partition coefficient (Wildman–Crippen LogP) is 1.87. The Morgan fingerprint density at radius 1 is 1.32 bits per heavy atom. The van der Waals surface area contributed by atoms with Gasteiger partial charge in [-0.2, -0.15) is 4.37 Å². The molecule has 3 heterocycles. The largest absolute Gasteiger partial charge is 0.465 e. The number of aromatic nitrogens is 1. The Morgan fingerprint density at radius 3 is 2.71 bits per heavy atom. The maximum Gasteiger partial charge on any atom is 0.342 e. The van der Waals surface area contributed by atoms with Gasteiger partial charge in [-0.3, -0.25) is 10.1 Å². The molecule has 1 atom stereocenters. The van der Waals surface area contributed by atoms with Crippen LogP contribution in [0.4, 0.5) is 9.80 Å². The summed E-state index contributed by atoms with van der Waals surface area (Å²) in [6.45, 7) is 4.12. The summed E-state index contributed by atoms with van der Waals surface area (Å²) >= 11 is 1.02. The normalized spacial score (nSPS) is 18.9. The monoisotopic (exact) mass is 410 g/mol. The van der Waals surface area contributed by atoms with Crippen molar-refractivity contribution in [2.45, 2.75) is 38.7 Å². The van der Waals surface area contributed by atoms with Crippen molar-refractivity contribution in [2.24, 2.45) is 0 Å². The molecule has 0 aromatic carbocycles. The minimum atomic E-state index is -0.555. The number of aryl methyl sites for hydroxylation is 1. The zero-order chi connectivity index (χ0) is 20.1. The number of carbonyl (C=O) groups excluding carboxylic acids is 3. The van der Waals surface area contributed by atoms with E-state index in [0.29, 0.717) is 23.8 Å². The highest BCUT2D eigenvalue weighted by Crippen LogP contribution is 2.26. The number of rotatable bonds is 6. The van der Waals surface area contributed by atoms with E-state index < -0.39 is 12.0 Å². The van der Waals surface area contributed by atoms with E-state index in [9.17, 15) is 14.4 Å². The van der Waals surface area contributed by atoms with Gasteiger partial charge < -0.3 is 19.3 Å². The lowest BCUT2D eigenvalue weighted by Gasteiger charge is -2.27. The quantitative estimate of drug-likeness (QED) is 0.719. The van der Waals surface area contributed by atoms with Crippen molar-refractivity contribution in [3.63, 3.8) is 0 Å². The highest BCUT2D eigenvalue weighted by Gasteiger charge is 2.29. The fourth-order valence-electron chi connectivity index (χ4n) is 3.46. The molecule has 0 bridgehead atoms. The van der Waals surface area contributed by atoms with Gasteiger partial charge in [-0.25, -0.2) is 9.59 Å². The van der Waals surface area contributed by atoms with Crippen molar-refractivity contribution in [3.8, 4) is 0 Å². The molecule has 9 nitrogen and oxygen atoms in total. The minimum absolute atomic E-state index is 0.0168. The van der Waals surface area contributed by atoms with Crippen LogP contribution in [0.5, 0.6) is 0 Å². The summed E-state index contributed by atoms with van der Waals surface area (Å²) in [5.41, 5.74) is 0.731. The highest BCUT2D eigenvalue weighted by atomic mass is 32.1. The summed E-state index contributed by atoms with van der Waals surface area (Å²) in [6, 6.07) is -0.447. The molecule has 2 fully saturated rings. The van der Waals surface area contributed by atoms with Crippen LogP contribution in [0.25, 0.3) is 0 Å². The molecule has 0 unspecified atom stereocenters. The van der Waals surface area contributed by atoms with Crippen molar-refractivity contribution in [2.75, 3.05) is 45.2 Å². The fraction of sp³-hybridized carbons (Fsp3) is 0.667. The molecule has 2 saturated heterocycles. The van der Waals surface area contributed by atoms with Crippen LogP contribution < -0.4 is 5.32 Å². The van der Waals surface area contributed by atoms with Gasteiger partial charge in [0.1, 0.15) is 17.1 Å². The average molecular weight is 410 g/mol. The molecule has 154 valence electrons. The van der Waals surface area contributed by atoms with Crippen LogP contribution in [0.15, 0.2) is 0 Å². The van der Waals surface area contributed by atoms with Gasteiger partial charge in [-0.1, -0.05) is 0 Å². The predicted molar refractivity (Wildman–Crippen MR) is 104 cm³/mol. The third kappa shape index (κ3) is 4.79. The lowest BCUT2D eigenvalue weighted by atomic mass is 10.2. The number of esters is 1. The number of anilines is 1. The topological polar surface area (TPSA) is 101 Å². The number of ether oxygens (including phenoxy) is 2. The molecule has 0 radical (unpaired) electrons. The Morgan fingerprint density at radius 2 is 2.07 bits per heavy atom. The van der Waals surface area contributed by atoms with E-state index in [4.69, 9.17) is 9.47 Å².